The molecule has 2 aromatic carbocycles. The van der Waals surface area contributed by atoms with Gasteiger partial charge in [-0.05, 0) is 24.1 Å². The van der Waals surface area contributed by atoms with Crippen LogP contribution in [0.15, 0.2) is 60.7 Å². The van der Waals surface area contributed by atoms with Crippen LogP contribution in [0, 0.1) is 0 Å². The molecule has 2 N–H and O–H groups in total. The number of aliphatic hydroxyl groups is 1. The Hall–Kier alpha value is -2.97. The quantitative estimate of drug-likeness (QED) is 0.470. The molecule has 4 aromatic rings. The molecule has 0 radical (unpaired) electrons. The van der Waals surface area contributed by atoms with Crippen LogP contribution in [0.3, 0.4) is 0 Å². The summed E-state index contributed by atoms with van der Waals surface area (Å²) < 4.78 is 17.4. The summed E-state index contributed by atoms with van der Waals surface area (Å²) in [6.45, 7) is 2.24. The van der Waals surface area contributed by atoms with Crippen molar-refractivity contribution in [2.45, 2.75) is 30.8 Å². The molecule has 0 saturated carbocycles. The maximum Gasteiger partial charge on any atom is 0.296 e. The second-order valence-electron chi connectivity index (χ2n) is 8.72. The number of ether oxygens (including phenoxy) is 3. The lowest BCUT2D eigenvalue weighted by atomic mass is 9.99. The lowest BCUT2D eigenvalue weighted by Crippen LogP contribution is -2.41. The van der Waals surface area contributed by atoms with Gasteiger partial charge in [-0.2, -0.15) is 4.98 Å². The van der Waals surface area contributed by atoms with E-state index in [9.17, 15) is 5.11 Å². The Bertz CT molecular complexity index is 1310. The van der Waals surface area contributed by atoms with E-state index in [4.69, 9.17) is 25.8 Å². The molecule has 0 aliphatic carbocycles. The van der Waals surface area contributed by atoms with Crippen molar-refractivity contribution in [3.8, 4) is 28.4 Å². The smallest absolute Gasteiger partial charge is 0.296 e. The fourth-order valence-electron chi connectivity index (χ4n) is 4.51. The molecule has 7 nitrogen and oxygen atoms in total. The molecule has 2 aromatic heterocycles. The van der Waals surface area contributed by atoms with Crippen molar-refractivity contribution >= 4 is 22.8 Å². The standard InChI is InChI=1S/C25H22ClN3O4/c1-25(30)13-32-21-19(12-31-22(21)25)33-24-27-18-11-17(26)20(28-23(18)29-24)16-9-7-15(8-10-16)14-5-3-2-4-6-14/h2-11,19,21-22,30H,12-13H2,1H3,(H,27,28,29)/t19-,21?,22+,25-/m1/s1. The van der Waals surface area contributed by atoms with E-state index in [-0.39, 0.29) is 18.8 Å². The zero-order valence-electron chi connectivity index (χ0n) is 17.9. The number of aromatic nitrogens is 3. The van der Waals surface area contributed by atoms with Gasteiger partial charge >= 0.3 is 0 Å². The Morgan fingerprint density at radius 1 is 1.03 bits per heavy atom. The molecule has 33 heavy (non-hydrogen) atoms. The first-order valence-electron chi connectivity index (χ1n) is 10.8. The average Bonchev–Trinajstić information content (AvgIpc) is 3.49. The van der Waals surface area contributed by atoms with Crippen LogP contribution < -0.4 is 4.74 Å². The van der Waals surface area contributed by atoms with E-state index >= 15 is 0 Å². The Morgan fingerprint density at radius 3 is 2.55 bits per heavy atom. The number of halogens is 1. The molecule has 1 unspecified atom stereocenters. The number of nitrogens with one attached hydrogen (secondary N) is 1. The van der Waals surface area contributed by atoms with Gasteiger partial charge in [0.25, 0.3) is 6.01 Å². The van der Waals surface area contributed by atoms with Crippen molar-refractivity contribution in [1.82, 2.24) is 15.0 Å². The predicted octanol–water partition coefficient (Wildman–Crippen LogP) is 4.24. The molecule has 2 saturated heterocycles. The fraction of sp³-hybridized carbons (Fsp3) is 0.280. The maximum absolute atomic E-state index is 10.4. The fourth-order valence-corrected chi connectivity index (χ4v) is 4.77. The predicted molar refractivity (Wildman–Crippen MR) is 124 cm³/mol. The third kappa shape index (κ3) is 3.67. The van der Waals surface area contributed by atoms with Gasteiger partial charge in [0.2, 0.25) is 0 Å². The van der Waals surface area contributed by atoms with E-state index in [0.29, 0.717) is 34.5 Å². The lowest BCUT2D eigenvalue weighted by molar-refractivity contribution is -0.0558. The molecule has 2 aliphatic heterocycles. The molecule has 0 spiro atoms. The Morgan fingerprint density at radius 2 is 1.76 bits per heavy atom. The topological polar surface area (TPSA) is 89.5 Å². The Labute approximate surface area is 195 Å². The first-order chi connectivity index (χ1) is 16.0. The highest BCUT2D eigenvalue weighted by Gasteiger charge is 2.54. The normalized spacial score (nSPS) is 26.6. The molecule has 4 atom stereocenters. The lowest BCUT2D eigenvalue weighted by Gasteiger charge is -2.20. The minimum atomic E-state index is -1.02. The minimum absolute atomic E-state index is 0.214. The van der Waals surface area contributed by atoms with E-state index in [1.807, 2.05) is 30.3 Å². The summed E-state index contributed by atoms with van der Waals surface area (Å²) in [6, 6.07) is 20.4. The van der Waals surface area contributed by atoms with Crippen molar-refractivity contribution in [2.24, 2.45) is 0 Å². The molecule has 0 bridgehead atoms. The zero-order chi connectivity index (χ0) is 22.6. The third-order valence-corrected chi connectivity index (χ3v) is 6.51. The molecule has 2 aliphatic rings. The van der Waals surface area contributed by atoms with Crippen LogP contribution in [0.1, 0.15) is 6.92 Å². The highest BCUT2D eigenvalue weighted by Crippen LogP contribution is 2.36. The molecule has 4 heterocycles. The molecule has 168 valence electrons. The van der Waals surface area contributed by atoms with Gasteiger partial charge in [-0.15, -0.1) is 0 Å². The van der Waals surface area contributed by atoms with Crippen LogP contribution in [0.25, 0.3) is 33.5 Å². The number of imidazole rings is 1. The van der Waals surface area contributed by atoms with Crippen molar-refractivity contribution in [3.05, 3.63) is 65.7 Å². The van der Waals surface area contributed by atoms with Crippen LogP contribution in [0.2, 0.25) is 5.02 Å². The largest absolute Gasteiger partial charge is 0.456 e. The highest BCUT2D eigenvalue weighted by atomic mass is 35.5. The Balaban J connectivity index is 1.25. The summed E-state index contributed by atoms with van der Waals surface area (Å²) in [5.41, 5.74) is 4.00. The maximum atomic E-state index is 10.4. The highest BCUT2D eigenvalue weighted by molar-refractivity contribution is 6.33. The van der Waals surface area contributed by atoms with Crippen molar-refractivity contribution in [1.29, 1.82) is 0 Å². The number of H-pyrrole nitrogens is 1. The van der Waals surface area contributed by atoms with Crippen LogP contribution in [-0.4, -0.2) is 57.2 Å². The minimum Gasteiger partial charge on any atom is -0.456 e. The summed E-state index contributed by atoms with van der Waals surface area (Å²) in [5.74, 6) is 0. The summed E-state index contributed by atoms with van der Waals surface area (Å²) >= 11 is 6.56. The number of fused-ring (bicyclic) bond motifs is 2. The number of rotatable bonds is 4. The summed E-state index contributed by atoms with van der Waals surface area (Å²) in [7, 11) is 0. The van der Waals surface area contributed by atoms with Gasteiger partial charge in [0.05, 0.1) is 29.4 Å². The van der Waals surface area contributed by atoms with E-state index in [1.165, 1.54) is 0 Å². The average molecular weight is 464 g/mol. The molecule has 2 fully saturated rings. The zero-order valence-corrected chi connectivity index (χ0v) is 18.6. The third-order valence-electron chi connectivity index (χ3n) is 6.22. The SMILES string of the molecule is C[C@@]1(O)COC2[C@H](Oc3nc4nc(-c5ccc(-c6ccccc6)cc5)c(Cl)cc4[nH]3)CO[C@@H]21. The van der Waals surface area contributed by atoms with Crippen LogP contribution in [0.5, 0.6) is 6.01 Å². The number of benzene rings is 2. The van der Waals surface area contributed by atoms with Crippen molar-refractivity contribution < 1.29 is 19.3 Å². The van der Waals surface area contributed by atoms with Gasteiger partial charge < -0.3 is 24.3 Å². The number of hydrogen-bond acceptors (Lipinski definition) is 6. The van der Waals surface area contributed by atoms with E-state index in [2.05, 4.69) is 39.2 Å². The second-order valence-corrected chi connectivity index (χ2v) is 9.13. The second kappa shape index (κ2) is 7.81. The summed E-state index contributed by atoms with van der Waals surface area (Å²) in [4.78, 5) is 12.3. The first kappa shape index (κ1) is 20.6. The molecule has 8 heteroatoms. The van der Waals surface area contributed by atoms with Gasteiger partial charge in [-0.3, -0.25) is 0 Å². The van der Waals surface area contributed by atoms with Gasteiger partial charge in [-0.1, -0.05) is 66.2 Å². The number of hydrogen-bond donors (Lipinski definition) is 2. The van der Waals surface area contributed by atoms with E-state index in [1.54, 1.807) is 13.0 Å². The Kier molecular flexibility index (Phi) is 4.88. The van der Waals surface area contributed by atoms with Gasteiger partial charge in [0, 0.05) is 5.56 Å². The first-order valence-corrected chi connectivity index (χ1v) is 11.2. The van der Waals surface area contributed by atoms with Crippen LogP contribution >= 0.6 is 11.6 Å². The van der Waals surface area contributed by atoms with Crippen LogP contribution in [-0.2, 0) is 9.47 Å². The van der Waals surface area contributed by atoms with Crippen molar-refractivity contribution in [2.75, 3.05) is 13.2 Å². The number of nitrogens with zero attached hydrogens (tertiary/aromatic N) is 2. The van der Waals surface area contributed by atoms with Crippen molar-refractivity contribution in [3.63, 3.8) is 0 Å². The summed E-state index contributed by atoms with van der Waals surface area (Å²) in [6.07, 6.45) is -1.13. The van der Waals surface area contributed by atoms with Gasteiger partial charge in [-0.25, -0.2) is 4.98 Å². The number of pyridine rings is 1. The van der Waals surface area contributed by atoms with Crippen LogP contribution in [0.4, 0.5) is 0 Å². The van der Waals surface area contributed by atoms with Gasteiger partial charge in [0.1, 0.15) is 17.8 Å². The van der Waals surface area contributed by atoms with E-state index < -0.39 is 11.7 Å². The molecule has 0 amide bonds. The molecular weight excluding hydrogens is 442 g/mol. The molecule has 6 rings (SSSR count). The monoisotopic (exact) mass is 463 g/mol. The molecular formula is C25H22ClN3O4. The number of aromatic amines is 1. The van der Waals surface area contributed by atoms with Gasteiger partial charge in [0.15, 0.2) is 11.8 Å². The summed E-state index contributed by atoms with van der Waals surface area (Å²) in [5, 5.41) is 10.9. The van der Waals surface area contributed by atoms with E-state index in [0.717, 1.165) is 16.7 Å².